The Morgan fingerprint density at radius 3 is 2.06 bits per heavy atom. The van der Waals surface area contributed by atoms with E-state index in [0.717, 1.165) is 12.8 Å². The lowest BCUT2D eigenvalue weighted by Gasteiger charge is -2.32. The molecule has 0 aliphatic carbocycles. The Labute approximate surface area is 113 Å². The van der Waals surface area contributed by atoms with Gasteiger partial charge >= 0.3 is 0 Å². The summed E-state index contributed by atoms with van der Waals surface area (Å²) in [6.07, 6.45) is 5.97. The third kappa shape index (κ3) is 9.86. The molecule has 0 bridgehead atoms. The average Bonchev–Trinajstić information content (AvgIpc) is 2.20. The fourth-order valence-corrected chi connectivity index (χ4v) is 1.95. The molecule has 1 unspecified atom stereocenters. The first kappa shape index (κ1) is 17.9. The van der Waals surface area contributed by atoms with Gasteiger partial charge in [0.15, 0.2) is 0 Å². The van der Waals surface area contributed by atoms with Gasteiger partial charge in [0, 0.05) is 6.42 Å². The zero-order valence-corrected chi connectivity index (χ0v) is 13.1. The summed E-state index contributed by atoms with van der Waals surface area (Å²) in [6.45, 7) is 11.9. The van der Waals surface area contributed by atoms with E-state index in [-0.39, 0.29) is 11.7 Å². The van der Waals surface area contributed by atoms with Gasteiger partial charge in [-0.1, -0.05) is 32.6 Å². The number of rotatable bonds is 9. The Morgan fingerprint density at radius 1 is 1.00 bits per heavy atom. The molecule has 0 aromatic carbocycles. The minimum absolute atomic E-state index is 0.316. The molecule has 3 nitrogen and oxygen atoms in total. The molecule has 110 valence electrons. The Bertz CT molecular complexity index is 208. The summed E-state index contributed by atoms with van der Waals surface area (Å²) in [4.78, 5) is 11.1. The van der Waals surface area contributed by atoms with Crippen LogP contribution in [0.4, 0.5) is 0 Å². The topological polar surface area (TPSA) is 38.7 Å². The summed E-state index contributed by atoms with van der Waals surface area (Å²) in [5, 5.41) is 9.58. The molecule has 0 spiro atoms. The maximum absolute atomic E-state index is 9.58. The molecule has 0 radical (unpaired) electrons. The monoisotopic (exact) mass is 260 g/mol. The fourth-order valence-electron chi connectivity index (χ4n) is 1.95. The smallest absolute Gasteiger partial charge is 0.103 e. The van der Waals surface area contributed by atoms with Crippen LogP contribution in [0.15, 0.2) is 0 Å². The van der Waals surface area contributed by atoms with Crippen molar-refractivity contribution in [3.05, 3.63) is 0 Å². The van der Waals surface area contributed by atoms with Crippen molar-refractivity contribution < 1.29 is 14.9 Å². The van der Waals surface area contributed by atoms with Crippen LogP contribution in [0.1, 0.15) is 80.1 Å². The van der Waals surface area contributed by atoms with Crippen LogP contribution in [-0.2, 0) is 9.78 Å². The van der Waals surface area contributed by atoms with E-state index in [4.69, 9.17) is 9.78 Å². The van der Waals surface area contributed by atoms with Gasteiger partial charge in [-0.15, -0.1) is 0 Å². The molecule has 3 heteroatoms. The van der Waals surface area contributed by atoms with E-state index in [2.05, 4.69) is 6.92 Å². The van der Waals surface area contributed by atoms with Crippen LogP contribution >= 0.6 is 0 Å². The highest BCUT2D eigenvalue weighted by Gasteiger charge is 2.30. The van der Waals surface area contributed by atoms with Gasteiger partial charge in [0.2, 0.25) is 0 Å². The second-order valence-corrected chi connectivity index (χ2v) is 6.59. The van der Waals surface area contributed by atoms with Crippen LogP contribution in [-0.4, -0.2) is 22.4 Å². The molecule has 1 N–H and O–H groups in total. The molecule has 0 aliphatic rings. The number of aliphatic hydroxyl groups excluding tert-OH is 1. The number of unbranched alkanes of at least 4 members (excludes halogenated alkanes) is 3. The van der Waals surface area contributed by atoms with Crippen LogP contribution in [0.25, 0.3) is 0 Å². The van der Waals surface area contributed by atoms with Gasteiger partial charge in [-0.25, -0.2) is 9.78 Å². The maximum atomic E-state index is 9.58. The predicted octanol–water partition coefficient (Wildman–Crippen LogP) is 4.23. The normalized spacial score (nSPS) is 17.5. The third-order valence-corrected chi connectivity index (χ3v) is 2.78. The van der Waals surface area contributed by atoms with Gasteiger partial charge < -0.3 is 5.11 Å². The summed E-state index contributed by atoms with van der Waals surface area (Å²) in [6, 6.07) is 0. The van der Waals surface area contributed by atoms with E-state index in [9.17, 15) is 5.11 Å². The molecule has 2 atom stereocenters. The van der Waals surface area contributed by atoms with E-state index < -0.39 is 5.60 Å². The van der Waals surface area contributed by atoms with Crippen molar-refractivity contribution in [3.8, 4) is 0 Å². The van der Waals surface area contributed by atoms with Gasteiger partial charge in [-0.2, -0.15) is 0 Å². The van der Waals surface area contributed by atoms with E-state index in [1.807, 2.05) is 27.7 Å². The van der Waals surface area contributed by atoms with E-state index >= 15 is 0 Å². The molecule has 0 amide bonds. The standard InChI is InChI=1S/C15H32O3/c1-7-8-9-10-11-15(6,12-13(2)16)18-17-14(3,4)5/h13,16H,7-12H2,1-6H3/t13?,15-/m1/s1. The van der Waals surface area contributed by atoms with Crippen molar-refractivity contribution in [1.82, 2.24) is 0 Å². The second kappa shape index (κ2) is 8.13. The van der Waals surface area contributed by atoms with Crippen molar-refractivity contribution in [1.29, 1.82) is 0 Å². The molecule has 0 fully saturated rings. The largest absolute Gasteiger partial charge is 0.393 e. The Hall–Kier alpha value is -0.120. The molecule has 0 saturated carbocycles. The molecule has 0 heterocycles. The van der Waals surface area contributed by atoms with Gasteiger partial charge in [0.05, 0.1) is 11.7 Å². The summed E-state index contributed by atoms with van der Waals surface area (Å²) in [7, 11) is 0. The van der Waals surface area contributed by atoms with Crippen molar-refractivity contribution in [3.63, 3.8) is 0 Å². The summed E-state index contributed by atoms with van der Waals surface area (Å²) < 4.78 is 0. The van der Waals surface area contributed by atoms with E-state index in [1.54, 1.807) is 6.92 Å². The maximum Gasteiger partial charge on any atom is 0.103 e. The number of hydrogen-bond acceptors (Lipinski definition) is 3. The molecule has 0 aromatic heterocycles. The highest BCUT2D eigenvalue weighted by molar-refractivity contribution is 4.76. The SMILES string of the molecule is CCCCCC[C@](C)(CC(C)O)OOC(C)(C)C. The zero-order chi connectivity index (χ0) is 14.2. The second-order valence-electron chi connectivity index (χ2n) is 6.59. The first-order chi connectivity index (χ1) is 8.18. The van der Waals surface area contributed by atoms with E-state index in [0.29, 0.717) is 6.42 Å². The van der Waals surface area contributed by atoms with Gasteiger partial charge in [-0.05, 0) is 41.0 Å². The first-order valence-corrected chi connectivity index (χ1v) is 7.23. The van der Waals surface area contributed by atoms with Crippen LogP contribution < -0.4 is 0 Å². The fraction of sp³-hybridized carbons (Fsp3) is 1.00. The van der Waals surface area contributed by atoms with Gasteiger partial charge in [0.25, 0.3) is 0 Å². The predicted molar refractivity (Wildman–Crippen MR) is 75.4 cm³/mol. The van der Waals surface area contributed by atoms with Crippen LogP contribution in [0.5, 0.6) is 0 Å². The molecule has 18 heavy (non-hydrogen) atoms. The Balaban J connectivity index is 4.24. The average molecular weight is 260 g/mol. The number of hydrogen-bond donors (Lipinski definition) is 1. The lowest BCUT2D eigenvalue weighted by atomic mass is 9.92. The Kier molecular flexibility index (Phi) is 8.08. The van der Waals surface area contributed by atoms with Crippen LogP contribution in [0.3, 0.4) is 0 Å². The summed E-state index contributed by atoms with van der Waals surface area (Å²) in [5.74, 6) is 0. The minimum Gasteiger partial charge on any atom is -0.393 e. The molecular formula is C15H32O3. The Morgan fingerprint density at radius 2 is 1.61 bits per heavy atom. The van der Waals surface area contributed by atoms with Crippen LogP contribution in [0.2, 0.25) is 0 Å². The first-order valence-electron chi connectivity index (χ1n) is 7.23. The van der Waals surface area contributed by atoms with Gasteiger partial charge in [0.1, 0.15) is 5.60 Å². The lowest BCUT2D eigenvalue weighted by molar-refractivity contribution is -0.405. The van der Waals surface area contributed by atoms with E-state index in [1.165, 1.54) is 19.3 Å². The molecular weight excluding hydrogens is 228 g/mol. The minimum atomic E-state index is -0.394. The molecule has 0 aromatic rings. The lowest BCUT2D eigenvalue weighted by Crippen LogP contribution is -2.36. The van der Waals surface area contributed by atoms with Crippen molar-refractivity contribution in [2.24, 2.45) is 0 Å². The van der Waals surface area contributed by atoms with Crippen molar-refractivity contribution in [2.45, 2.75) is 97.4 Å². The molecule has 0 rings (SSSR count). The third-order valence-electron chi connectivity index (χ3n) is 2.78. The zero-order valence-electron chi connectivity index (χ0n) is 13.1. The summed E-state index contributed by atoms with van der Waals surface area (Å²) in [5.41, 5.74) is -0.710. The highest BCUT2D eigenvalue weighted by Crippen LogP contribution is 2.27. The molecule has 0 saturated heterocycles. The quantitative estimate of drug-likeness (QED) is 0.383. The highest BCUT2D eigenvalue weighted by atomic mass is 17.2. The van der Waals surface area contributed by atoms with Crippen molar-refractivity contribution >= 4 is 0 Å². The number of aliphatic hydroxyl groups is 1. The van der Waals surface area contributed by atoms with Crippen LogP contribution in [0, 0.1) is 0 Å². The summed E-state index contributed by atoms with van der Waals surface area (Å²) >= 11 is 0. The molecule has 0 aliphatic heterocycles. The van der Waals surface area contributed by atoms with Crippen molar-refractivity contribution in [2.75, 3.05) is 0 Å². The van der Waals surface area contributed by atoms with Gasteiger partial charge in [-0.3, -0.25) is 0 Å².